The van der Waals surface area contributed by atoms with Crippen molar-refractivity contribution in [3.05, 3.63) is 62.7 Å². The summed E-state index contributed by atoms with van der Waals surface area (Å²) < 4.78 is 0.942. The Morgan fingerprint density at radius 1 is 1.04 bits per heavy atom. The van der Waals surface area contributed by atoms with Crippen molar-refractivity contribution >= 4 is 57.9 Å². The van der Waals surface area contributed by atoms with Gasteiger partial charge in [0.1, 0.15) is 0 Å². The molecule has 2 amide bonds. The second-order valence-electron chi connectivity index (χ2n) is 4.84. The van der Waals surface area contributed by atoms with Crippen LogP contribution in [0.25, 0.3) is 0 Å². The van der Waals surface area contributed by atoms with Crippen LogP contribution in [0, 0.1) is 3.57 Å². The van der Waals surface area contributed by atoms with E-state index in [1.165, 1.54) is 6.21 Å². The van der Waals surface area contributed by atoms with E-state index in [9.17, 15) is 9.59 Å². The van der Waals surface area contributed by atoms with E-state index >= 15 is 0 Å². The Morgan fingerprint density at radius 3 is 2.46 bits per heavy atom. The van der Waals surface area contributed by atoms with Gasteiger partial charge in [0.2, 0.25) is 11.8 Å². The minimum absolute atomic E-state index is 0.0507. The number of hydrogen-bond acceptors (Lipinski definition) is 3. The molecule has 0 aliphatic carbocycles. The minimum Gasteiger partial charge on any atom is -0.325 e. The number of nitrogens with zero attached hydrogens (tertiary/aromatic N) is 1. The van der Waals surface area contributed by atoms with Gasteiger partial charge in [0.05, 0.1) is 11.9 Å². The first-order valence-electron chi connectivity index (χ1n) is 7.17. The van der Waals surface area contributed by atoms with Crippen molar-refractivity contribution in [3.8, 4) is 0 Å². The third-order valence-corrected chi connectivity index (χ3v) is 4.31. The van der Waals surface area contributed by atoms with Gasteiger partial charge in [-0.15, -0.1) is 0 Å². The van der Waals surface area contributed by atoms with Crippen molar-refractivity contribution < 1.29 is 9.59 Å². The monoisotopic (exact) mass is 455 g/mol. The normalized spacial score (nSPS) is 10.6. The second kappa shape index (κ2) is 9.39. The van der Waals surface area contributed by atoms with Crippen molar-refractivity contribution in [1.82, 2.24) is 5.43 Å². The minimum atomic E-state index is -0.337. The van der Waals surface area contributed by atoms with Crippen LogP contribution in [0.5, 0.6) is 0 Å². The third-order valence-electron chi connectivity index (χ3n) is 3.03. The number of carbonyl (C=O) groups is 2. The summed E-state index contributed by atoms with van der Waals surface area (Å²) in [5.41, 5.74) is 3.82. The third kappa shape index (κ3) is 5.93. The number of nitrogens with one attached hydrogen (secondary N) is 2. The first-order chi connectivity index (χ1) is 11.6. The Hall–Kier alpha value is -1.93. The zero-order chi connectivity index (χ0) is 17.4. The molecular weight excluding hydrogens is 441 g/mol. The van der Waals surface area contributed by atoms with E-state index in [0.717, 1.165) is 9.26 Å². The summed E-state index contributed by atoms with van der Waals surface area (Å²) in [6, 6.07) is 14.6. The molecule has 0 aliphatic heterocycles. The van der Waals surface area contributed by atoms with Gasteiger partial charge >= 0.3 is 0 Å². The molecule has 124 valence electrons. The number of hydrazone groups is 1. The summed E-state index contributed by atoms with van der Waals surface area (Å²) >= 11 is 8.11. The molecule has 0 atom stereocenters. The highest BCUT2D eigenvalue weighted by Gasteiger charge is 2.08. The molecular formula is C17H15ClIN3O2. The van der Waals surface area contributed by atoms with Crippen LogP contribution in [0.1, 0.15) is 18.4 Å². The molecule has 0 radical (unpaired) electrons. The Bertz CT molecular complexity index is 765. The molecule has 2 aromatic carbocycles. The van der Waals surface area contributed by atoms with Crippen molar-refractivity contribution in [2.24, 2.45) is 5.10 Å². The molecule has 0 aliphatic rings. The molecule has 2 N–H and O–H groups in total. The maximum atomic E-state index is 11.9. The lowest BCUT2D eigenvalue weighted by Gasteiger charge is -2.06. The van der Waals surface area contributed by atoms with Gasteiger partial charge in [-0.3, -0.25) is 9.59 Å². The second-order valence-corrected chi connectivity index (χ2v) is 6.41. The van der Waals surface area contributed by atoms with Gasteiger partial charge in [0.15, 0.2) is 0 Å². The fourth-order valence-corrected chi connectivity index (χ4v) is 2.52. The van der Waals surface area contributed by atoms with Gasteiger partial charge in [-0.05, 0) is 40.8 Å². The lowest BCUT2D eigenvalue weighted by molar-refractivity contribution is -0.124. The van der Waals surface area contributed by atoms with Gasteiger partial charge in [0, 0.05) is 27.0 Å². The highest BCUT2D eigenvalue weighted by atomic mass is 127. The molecule has 2 rings (SSSR count). The highest BCUT2D eigenvalue weighted by Crippen LogP contribution is 2.17. The molecule has 0 unspecified atom stereocenters. The van der Waals surface area contributed by atoms with Gasteiger partial charge in [0.25, 0.3) is 0 Å². The van der Waals surface area contributed by atoms with E-state index < -0.39 is 0 Å². The summed E-state index contributed by atoms with van der Waals surface area (Å²) in [7, 11) is 0. The van der Waals surface area contributed by atoms with E-state index in [-0.39, 0.29) is 24.7 Å². The fourth-order valence-electron chi connectivity index (χ4n) is 1.81. The average molecular weight is 456 g/mol. The summed E-state index contributed by atoms with van der Waals surface area (Å²) in [5, 5.41) is 7.16. The molecule has 0 heterocycles. The van der Waals surface area contributed by atoms with Crippen molar-refractivity contribution in [3.63, 3.8) is 0 Å². The van der Waals surface area contributed by atoms with E-state index in [0.29, 0.717) is 10.6 Å². The summed E-state index contributed by atoms with van der Waals surface area (Å²) in [5.74, 6) is -0.555. The van der Waals surface area contributed by atoms with Crippen molar-refractivity contribution in [2.75, 3.05) is 5.32 Å². The van der Waals surface area contributed by atoms with Gasteiger partial charge < -0.3 is 5.32 Å². The Kier molecular flexibility index (Phi) is 7.20. The maximum absolute atomic E-state index is 11.9. The number of para-hydroxylation sites is 1. The molecule has 0 spiro atoms. The van der Waals surface area contributed by atoms with E-state index in [1.807, 2.05) is 36.4 Å². The van der Waals surface area contributed by atoms with Gasteiger partial charge in [-0.2, -0.15) is 5.10 Å². The maximum Gasteiger partial charge on any atom is 0.240 e. The lowest BCUT2D eigenvalue weighted by Crippen LogP contribution is -2.20. The zero-order valence-corrected chi connectivity index (χ0v) is 15.5. The van der Waals surface area contributed by atoms with Gasteiger partial charge in [-0.1, -0.05) is 41.9 Å². The quantitative estimate of drug-likeness (QED) is 0.395. The van der Waals surface area contributed by atoms with Crippen LogP contribution in [0.15, 0.2) is 53.6 Å². The number of benzene rings is 2. The Balaban J connectivity index is 1.76. The largest absolute Gasteiger partial charge is 0.325 e. The fraction of sp³-hybridized carbons (Fsp3) is 0.118. The smallest absolute Gasteiger partial charge is 0.240 e. The molecule has 0 saturated carbocycles. The van der Waals surface area contributed by atoms with Crippen molar-refractivity contribution in [1.29, 1.82) is 0 Å². The molecule has 5 nitrogen and oxygen atoms in total. The van der Waals surface area contributed by atoms with Crippen LogP contribution < -0.4 is 10.7 Å². The van der Waals surface area contributed by atoms with Crippen molar-refractivity contribution in [2.45, 2.75) is 12.8 Å². The average Bonchev–Trinajstić information content (AvgIpc) is 2.57. The molecule has 0 saturated heterocycles. The number of rotatable bonds is 6. The van der Waals surface area contributed by atoms with Crippen LogP contribution in [0.2, 0.25) is 5.02 Å². The Morgan fingerprint density at radius 2 is 1.71 bits per heavy atom. The molecule has 0 aromatic heterocycles. The molecule has 24 heavy (non-hydrogen) atoms. The number of hydrogen-bond donors (Lipinski definition) is 2. The Labute approximate surface area is 158 Å². The molecule has 0 fully saturated rings. The van der Waals surface area contributed by atoms with E-state index in [2.05, 4.69) is 38.4 Å². The van der Waals surface area contributed by atoms with Crippen LogP contribution in [-0.4, -0.2) is 18.0 Å². The van der Waals surface area contributed by atoms with Gasteiger partial charge in [-0.25, -0.2) is 5.43 Å². The zero-order valence-electron chi connectivity index (χ0n) is 12.6. The van der Waals surface area contributed by atoms with E-state index in [4.69, 9.17) is 11.6 Å². The lowest BCUT2D eigenvalue weighted by atomic mass is 10.2. The highest BCUT2D eigenvalue weighted by molar-refractivity contribution is 14.1. The molecule has 2 aromatic rings. The van der Waals surface area contributed by atoms with E-state index in [1.54, 1.807) is 12.1 Å². The molecule has 0 bridgehead atoms. The number of halogens is 2. The van der Waals surface area contributed by atoms with Crippen LogP contribution in [-0.2, 0) is 9.59 Å². The SMILES string of the molecule is O=C(CCC(=O)Nc1ccccc1I)N/N=C/c1ccccc1Cl. The number of anilines is 1. The topological polar surface area (TPSA) is 70.6 Å². The number of amides is 2. The summed E-state index contributed by atoms with van der Waals surface area (Å²) in [4.78, 5) is 23.6. The summed E-state index contributed by atoms with van der Waals surface area (Å²) in [6.45, 7) is 0. The molecule has 7 heteroatoms. The predicted octanol–water partition coefficient (Wildman–Crippen LogP) is 3.81. The van der Waals surface area contributed by atoms with Crippen LogP contribution in [0.4, 0.5) is 5.69 Å². The summed E-state index contributed by atoms with van der Waals surface area (Å²) in [6.07, 6.45) is 1.60. The first kappa shape index (κ1) is 18.4. The van der Waals surface area contributed by atoms with Crippen LogP contribution in [0.3, 0.4) is 0 Å². The predicted molar refractivity (Wildman–Crippen MR) is 104 cm³/mol. The first-order valence-corrected chi connectivity index (χ1v) is 8.63. The van der Waals surface area contributed by atoms with Crippen LogP contribution >= 0.6 is 34.2 Å². The standard InChI is InChI=1S/C17H15ClIN3O2/c18-13-6-2-1-5-12(13)11-20-22-17(24)10-9-16(23)21-15-8-4-3-7-14(15)19/h1-8,11H,9-10H2,(H,21,23)(H,22,24)/b20-11+. The number of carbonyl (C=O) groups excluding carboxylic acids is 2.